The zero-order valence-electron chi connectivity index (χ0n) is 10.5. The first-order valence-corrected chi connectivity index (χ1v) is 7.81. The Kier molecular flexibility index (Phi) is 4.26. The number of nitrogen functional groups attached to an aromatic ring is 1. The Bertz CT molecular complexity index is 734. The second-order valence-electron chi connectivity index (χ2n) is 3.85. The van der Waals surface area contributed by atoms with Crippen LogP contribution in [0.25, 0.3) is 0 Å². The molecule has 106 valence electrons. The Labute approximate surface area is 125 Å². The van der Waals surface area contributed by atoms with Gasteiger partial charge in [0.05, 0.1) is 11.9 Å². The number of benzene rings is 1. The molecule has 0 aliphatic rings. The summed E-state index contributed by atoms with van der Waals surface area (Å²) in [5.41, 5.74) is 5.85. The van der Waals surface area contributed by atoms with E-state index in [0.29, 0.717) is 11.5 Å². The summed E-state index contributed by atoms with van der Waals surface area (Å²) in [5, 5.41) is 0. The molecule has 8 heteroatoms. The van der Waals surface area contributed by atoms with Crippen molar-refractivity contribution in [3.63, 3.8) is 0 Å². The Hall–Kier alpha value is -1.64. The Balaban J connectivity index is 2.30. The fourth-order valence-corrected chi connectivity index (χ4v) is 2.71. The van der Waals surface area contributed by atoms with Crippen LogP contribution in [-0.2, 0) is 10.0 Å². The van der Waals surface area contributed by atoms with E-state index in [-0.39, 0.29) is 10.6 Å². The van der Waals surface area contributed by atoms with Crippen LogP contribution in [0.4, 0.5) is 5.69 Å². The lowest BCUT2D eigenvalue weighted by molar-refractivity contribution is 0.479. The number of ether oxygens (including phenoxy) is 1. The molecule has 0 saturated carbocycles. The summed E-state index contributed by atoms with van der Waals surface area (Å²) >= 11 is 3.28. The van der Waals surface area contributed by atoms with Gasteiger partial charge in [-0.05, 0) is 41.2 Å². The lowest BCUT2D eigenvalue weighted by atomic mass is 10.3. The monoisotopic (exact) mass is 357 g/mol. The molecule has 0 fully saturated rings. The van der Waals surface area contributed by atoms with Crippen LogP contribution in [-0.4, -0.2) is 20.4 Å². The molecule has 0 atom stereocenters. The minimum atomic E-state index is -3.58. The van der Waals surface area contributed by atoms with E-state index in [4.69, 9.17) is 10.5 Å². The normalized spacial score (nSPS) is 11.3. The van der Waals surface area contributed by atoms with Gasteiger partial charge in [0.15, 0.2) is 0 Å². The van der Waals surface area contributed by atoms with Crippen molar-refractivity contribution < 1.29 is 13.2 Å². The molecule has 0 spiro atoms. The Morgan fingerprint density at radius 3 is 2.60 bits per heavy atom. The third-order valence-electron chi connectivity index (χ3n) is 2.45. The van der Waals surface area contributed by atoms with Crippen LogP contribution in [0.5, 0.6) is 11.5 Å². The summed E-state index contributed by atoms with van der Waals surface area (Å²) in [6, 6.07) is 6.11. The molecule has 1 aromatic heterocycles. The van der Waals surface area contributed by atoms with Crippen molar-refractivity contribution in [3.8, 4) is 11.5 Å². The third kappa shape index (κ3) is 3.27. The highest BCUT2D eigenvalue weighted by atomic mass is 79.9. The van der Waals surface area contributed by atoms with Crippen LogP contribution in [0.15, 0.2) is 46.0 Å². The first-order chi connectivity index (χ1) is 9.42. The van der Waals surface area contributed by atoms with E-state index in [0.717, 1.165) is 4.47 Å². The number of halogens is 1. The number of hydrogen-bond donors (Lipinski definition) is 2. The van der Waals surface area contributed by atoms with Crippen molar-refractivity contribution in [2.45, 2.75) is 4.90 Å². The standard InChI is InChI=1S/C12H12BrN3O3S/c1-15-20(17,18)12-3-2-9(5-11(12)14)19-10-4-8(13)6-16-7-10/h2-7,15H,14H2,1H3. The van der Waals surface area contributed by atoms with Gasteiger partial charge in [-0.25, -0.2) is 13.1 Å². The maximum atomic E-state index is 11.7. The van der Waals surface area contributed by atoms with Crippen molar-refractivity contribution >= 4 is 31.6 Å². The minimum absolute atomic E-state index is 0.0136. The summed E-state index contributed by atoms with van der Waals surface area (Å²) in [6.45, 7) is 0. The molecule has 0 bridgehead atoms. The number of sulfonamides is 1. The van der Waals surface area contributed by atoms with Crippen molar-refractivity contribution in [2.75, 3.05) is 12.8 Å². The molecule has 2 aromatic rings. The Morgan fingerprint density at radius 2 is 2.00 bits per heavy atom. The van der Waals surface area contributed by atoms with Crippen molar-refractivity contribution in [1.82, 2.24) is 9.71 Å². The quantitative estimate of drug-likeness (QED) is 0.817. The summed E-state index contributed by atoms with van der Waals surface area (Å²) in [4.78, 5) is 3.98. The lowest BCUT2D eigenvalue weighted by Gasteiger charge is -2.09. The molecule has 0 unspecified atom stereocenters. The van der Waals surface area contributed by atoms with Gasteiger partial charge in [-0.15, -0.1) is 0 Å². The molecule has 6 nitrogen and oxygen atoms in total. The minimum Gasteiger partial charge on any atom is -0.456 e. The van der Waals surface area contributed by atoms with E-state index in [1.54, 1.807) is 18.5 Å². The predicted molar refractivity (Wildman–Crippen MR) is 79.1 cm³/mol. The van der Waals surface area contributed by atoms with Gasteiger partial charge in [-0.1, -0.05) is 0 Å². The van der Waals surface area contributed by atoms with Crippen LogP contribution in [0.1, 0.15) is 0 Å². The van der Waals surface area contributed by atoms with E-state index in [1.165, 1.54) is 25.2 Å². The third-order valence-corrected chi connectivity index (χ3v) is 4.38. The SMILES string of the molecule is CNS(=O)(=O)c1ccc(Oc2cncc(Br)c2)cc1N. The smallest absolute Gasteiger partial charge is 0.242 e. The first-order valence-electron chi connectivity index (χ1n) is 5.54. The van der Waals surface area contributed by atoms with Gasteiger partial charge in [-0.3, -0.25) is 4.98 Å². The lowest BCUT2D eigenvalue weighted by Crippen LogP contribution is -2.19. The number of anilines is 1. The van der Waals surface area contributed by atoms with Gasteiger partial charge in [-0.2, -0.15) is 0 Å². The molecule has 2 rings (SSSR count). The fourth-order valence-electron chi connectivity index (χ4n) is 1.53. The molecule has 0 aliphatic carbocycles. The van der Waals surface area contributed by atoms with Crippen molar-refractivity contribution in [2.24, 2.45) is 0 Å². The highest BCUT2D eigenvalue weighted by molar-refractivity contribution is 9.10. The zero-order valence-corrected chi connectivity index (χ0v) is 12.9. The maximum Gasteiger partial charge on any atom is 0.242 e. The summed E-state index contributed by atoms with van der Waals surface area (Å²) < 4.78 is 31.9. The Morgan fingerprint density at radius 1 is 1.25 bits per heavy atom. The van der Waals surface area contributed by atoms with Gasteiger partial charge >= 0.3 is 0 Å². The second kappa shape index (κ2) is 5.78. The van der Waals surface area contributed by atoms with E-state index in [1.807, 2.05) is 0 Å². The molecular formula is C12H12BrN3O3S. The fraction of sp³-hybridized carbons (Fsp3) is 0.0833. The van der Waals surface area contributed by atoms with E-state index in [2.05, 4.69) is 25.6 Å². The van der Waals surface area contributed by atoms with Gasteiger partial charge in [0.2, 0.25) is 10.0 Å². The second-order valence-corrected chi connectivity index (χ2v) is 6.62. The van der Waals surface area contributed by atoms with E-state index < -0.39 is 10.0 Å². The van der Waals surface area contributed by atoms with Crippen molar-refractivity contribution in [1.29, 1.82) is 0 Å². The van der Waals surface area contributed by atoms with Crippen LogP contribution in [0, 0.1) is 0 Å². The van der Waals surface area contributed by atoms with Crippen LogP contribution in [0.3, 0.4) is 0 Å². The van der Waals surface area contributed by atoms with Crippen molar-refractivity contribution in [3.05, 3.63) is 41.1 Å². The van der Waals surface area contributed by atoms with Crippen LogP contribution in [0.2, 0.25) is 0 Å². The largest absolute Gasteiger partial charge is 0.456 e. The van der Waals surface area contributed by atoms with E-state index >= 15 is 0 Å². The zero-order chi connectivity index (χ0) is 14.8. The number of nitrogens with one attached hydrogen (secondary N) is 1. The summed E-state index contributed by atoms with van der Waals surface area (Å²) in [6.07, 6.45) is 3.17. The number of hydrogen-bond acceptors (Lipinski definition) is 5. The molecule has 0 radical (unpaired) electrons. The molecule has 1 aromatic carbocycles. The first kappa shape index (κ1) is 14.8. The molecule has 0 aliphatic heterocycles. The summed E-state index contributed by atoms with van der Waals surface area (Å²) in [7, 11) is -2.25. The highest BCUT2D eigenvalue weighted by Crippen LogP contribution is 2.28. The average molecular weight is 358 g/mol. The number of aromatic nitrogens is 1. The number of rotatable bonds is 4. The number of pyridine rings is 1. The van der Waals surface area contributed by atoms with Gasteiger partial charge < -0.3 is 10.5 Å². The topological polar surface area (TPSA) is 94.3 Å². The highest BCUT2D eigenvalue weighted by Gasteiger charge is 2.15. The molecule has 1 heterocycles. The van der Waals surface area contributed by atoms with Crippen LogP contribution >= 0.6 is 15.9 Å². The number of nitrogens with two attached hydrogens (primary N) is 1. The van der Waals surface area contributed by atoms with Gasteiger partial charge in [0.25, 0.3) is 0 Å². The molecule has 0 amide bonds. The molecule has 3 N–H and O–H groups in total. The van der Waals surface area contributed by atoms with Gasteiger partial charge in [0, 0.05) is 16.7 Å². The maximum absolute atomic E-state index is 11.7. The molecule has 20 heavy (non-hydrogen) atoms. The summed E-state index contributed by atoms with van der Waals surface area (Å²) in [5.74, 6) is 0.945. The predicted octanol–water partition coefficient (Wildman–Crippen LogP) is 2.13. The molecule has 0 saturated heterocycles. The van der Waals surface area contributed by atoms with Crippen LogP contribution < -0.4 is 15.2 Å². The molecular weight excluding hydrogens is 346 g/mol. The van der Waals surface area contributed by atoms with Gasteiger partial charge in [0.1, 0.15) is 16.4 Å². The number of nitrogens with zero attached hydrogens (tertiary/aromatic N) is 1. The van der Waals surface area contributed by atoms with E-state index in [9.17, 15) is 8.42 Å². The average Bonchev–Trinajstić information content (AvgIpc) is 2.38.